The largest absolute Gasteiger partial charge is 0.480 e. The molecule has 0 unspecified atom stereocenters. The second-order valence-electron chi connectivity index (χ2n) is 4.05. The van der Waals surface area contributed by atoms with E-state index in [0.29, 0.717) is 11.9 Å². The first-order valence-electron chi connectivity index (χ1n) is 5.69. The van der Waals surface area contributed by atoms with Crippen molar-refractivity contribution in [1.29, 1.82) is 0 Å². The van der Waals surface area contributed by atoms with Gasteiger partial charge in [-0.05, 0) is 30.5 Å². The van der Waals surface area contributed by atoms with Crippen LogP contribution >= 0.6 is 0 Å². The third-order valence-electron chi connectivity index (χ3n) is 2.86. The molecule has 18 heavy (non-hydrogen) atoms. The van der Waals surface area contributed by atoms with E-state index < -0.39 is 0 Å². The van der Waals surface area contributed by atoms with Crippen molar-refractivity contribution in [2.45, 2.75) is 13.8 Å². The highest BCUT2D eigenvalue weighted by molar-refractivity contribution is 5.74. The van der Waals surface area contributed by atoms with Gasteiger partial charge in [0.05, 0.1) is 19.8 Å². The minimum Gasteiger partial charge on any atom is -0.480 e. The van der Waals surface area contributed by atoms with Crippen molar-refractivity contribution in [1.82, 2.24) is 9.97 Å². The molecule has 0 radical (unpaired) electrons. The molecular formula is C14H16N2O2. The highest BCUT2D eigenvalue weighted by Crippen LogP contribution is 2.33. The fourth-order valence-corrected chi connectivity index (χ4v) is 2.02. The lowest BCUT2D eigenvalue weighted by atomic mass is 9.97. The molecule has 0 bridgehead atoms. The van der Waals surface area contributed by atoms with Crippen molar-refractivity contribution < 1.29 is 9.47 Å². The number of nitrogens with zero attached hydrogens (tertiary/aromatic N) is 2. The van der Waals surface area contributed by atoms with Gasteiger partial charge in [0.15, 0.2) is 0 Å². The first-order valence-corrected chi connectivity index (χ1v) is 5.69. The lowest BCUT2D eigenvalue weighted by molar-refractivity contribution is 0.353. The second-order valence-corrected chi connectivity index (χ2v) is 4.05. The van der Waals surface area contributed by atoms with E-state index in [1.807, 2.05) is 6.07 Å². The van der Waals surface area contributed by atoms with Crippen LogP contribution in [0.3, 0.4) is 0 Å². The Morgan fingerprint density at radius 1 is 1.00 bits per heavy atom. The Bertz CT molecular complexity index is 547. The zero-order chi connectivity index (χ0) is 13.1. The van der Waals surface area contributed by atoms with Gasteiger partial charge in [0, 0.05) is 6.20 Å². The molecule has 1 heterocycles. The van der Waals surface area contributed by atoms with Crippen LogP contribution in [0.25, 0.3) is 11.1 Å². The van der Waals surface area contributed by atoms with Crippen LogP contribution < -0.4 is 9.47 Å². The van der Waals surface area contributed by atoms with Crippen molar-refractivity contribution in [2.75, 3.05) is 14.2 Å². The average Bonchev–Trinajstić information content (AvgIpc) is 2.38. The minimum absolute atomic E-state index is 0.307. The van der Waals surface area contributed by atoms with Gasteiger partial charge in [-0.3, -0.25) is 0 Å². The van der Waals surface area contributed by atoms with E-state index in [1.54, 1.807) is 13.3 Å². The zero-order valence-corrected chi connectivity index (χ0v) is 11.0. The summed E-state index contributed by atoms with van der Waals surface area (Å²) in [5.74, 6) is 0.527. The fraction of sp³-hybridized carbons (Fsp3) is 0.286. The predicted molar refractivity (Wildman–Crippen MR) is 70.0 cm³/mol. The standard InChI is InChI=1S/C14H16N2O2/c1-9-6-5-7-10(2)12(9)11-8-15-14(18-4)16-13(11)17-3/h5-8H,1-4H3. The number of ether oxygens (including phenoxy) is 2. The topological polar surface area (TPSA) is 44.2 Å². The number of hydrogen-bond donors (Lipinski definition) is 0. The predicted octanol–water partition coefficient (Wildman–Crippen LogP) is 2.78. The fourth-order valence-electron chi connectivity index (χ4n) is 2.02. The summed E-state index contributed by atoms with van der Waals surface area (Å²) < 4.78 is 10.3. The van der Waals surface area contributed by atoms with E-state index in [2.05, 4.69) is 35.9 Å². The lowest BCUT2D eigenvalue weighted by Gasteiger charge is -2.12. The molecule has 0 saturated carbocycles. The summed E-state index contributed by atoms with van der Waals surface area (Å²) in [5.41, 5.74) is 4.33. The normalized spacial score (nSPS) is 10.2. The maximum atomic E-state index is 5.32. The van der Waals surface area contributed by atoms with E-state index in [1.165, 1.54) is 18.2 Å². The second kappa shape index (κ2) is 5.04. The van der Waals surface area contributed by atoms with Gasteiger partial charge < -0.3 is 9.47 Å². The Balaban J connectivity index is 2.63. The average molecular weight is 244 g/mol. The molecule has 2 aromatic rings. The summed E-state index contributed by atoms with van der Waals surface area (Å²) in [7, 11) is 3.13. The van der Waals surface area contributed by atoms with E-state index in [4.69, 9.17) is 9.47 Å². The minimum atomic E-state index is 0.307. The van der Waals surface area contributed by atoms with Crippen molar-refractivity contribution in [3.63, 3.8) is 0 Å². The monoisotopic (exact) mass is 244 g/mol. The lowest BCUT2D eigenvalue weighted by Crippen LogP contribution is -1.99. The van der Waals surface area contributed by atoms with Crippen LogP contribution in [0.5, 0.6) is 11.9 Å². The van der Waals surface area contributed by atoms with Crippen molar-refractivity contribution in [2.24, 2.45) is 0 Å². The Morgan fingerprint density at radius 3 is 2.22 bits per heavy atom. The molecule has 0 fully saturated rings. The van der Waals surface area contributed by atoms with E-state index >= 15 is 0 Å². The van der Waals surface area contributed by atoms with E-state index in [9.17, 15) is 0 Å². The number of benzene rings is 1. The van der Waals surface area contributed by atoms with E-state index in [-0.39, 0.29) is 0 Å². The van der Waals surface area contributed by atoms with Crippen molar-refractivity contribution >= 4 is 0 Å². The molecule has 0 aliphatic heterocycles. The van der Waals surface area contributed by atoms with Crippen LogP contribution in [0.2, 0.25) is 0 Å². The maximum Gasteiger partial charge on any atom is 0.319 e. The number of methoxy groups -OCH3 is 2. The van der Waals surface area contributed by atoms with Crippen molar-refractivity contribution in [3.05, 3.63) is 35.5 Å². The van der Waals surface area contributed by atoms with Gasteiger partial charge in [0.2, 0.25) is 5.88 Å². The molecule has 4 nitrogen and oxygen atoms in total. The Labute approximate surface area is 107 Å². The Kier molecular flexibility index (Phi) is 3.46. The number of aryl methyl sites for hydroxylation is 2. The van der Waals surface area contributed by atoms with Crippen LogP contribution in [0.15, 0.2) is 24.4 Å². The van der Waals surface area contributed by atoms with Crippen LogP contribution in [-0.4, -0.2) is 24.2 Å². The third-order valence-corrected chi connectivity index (χ3v) is 2.86. The van der Waals surface area contributed by atoms with Gasteiger partial charge in [-0.2, -0.15) is 4.98 Å². The summed E-state index contributed by atoms with van der Waals surface area (Å²) in [6, 6.07) is 6.46. The first kappa shape index (κ1) is 12.4. The van der Waals surface area contributed by atoms with Gasteiger partial charge >= 0.3 is 6.01 Å². The maximum absolute atomic E-state index is 5.32. The molecule has 0 amide bonds. The smallest absolute Gasteiger partial charge is 0.319 e. The van der Waals surface area contributed by atoms with Gasteiger partial charge in [-0.1, -0.05) is 18.2 Å². The van der Waals surface area contributed by atoms with Gasteiger partial charge in [0.1, 0.15) is 0 Å². The summed E-state index contributed by atoms with van der Waals surface area (Å²) in [4.78, 5) is 8.36. The SMILES string of the molecule is COc1ncc(-c2c(C)cccc2C)c(OC)n1. The number of rotatable bonds is 3. The molecule has 94 valence electrons. The molecule has 1 aromatic carbocycles. The van der Waals surface area contributed by atoms with E-state index in [0.717, 1.165) is 11.1 Å². The molecule has 1 aromatic heterocycles. The third kappa shape index (κ3) is 2.14. The molecule has 2 rings (SSSR count). The molecule has 0 aliphatic rings. The summed E-state index contributed by atoms with van der Waals surface area (Å²) in [6.45, 7) is 4.12. The van der Waals surface area contributed by atoms with Crippen LogP contribution in [0.1, 0.15) is 11.1 Å². The first-order chi connectivity index (χ1) is 8.67. The summed E-state index contributed by atoms with van der Waals surface area (Å²) >= 11 is 0. The molecule has 0 N–H and O–H groups in total. The molecule has 0 aliphatic carbocycles. The number of aromatic nitrogens is 2. The van der Waals surface area contributed by atoms with Crippen molar-refractivity contribution in [3.8, 4) is 23.0 Å². The zero-order valence-electron chi connectivity index (χ0n) is 11.0. The highest BCUT2D eigenvalue weighted by Gasteiger charge is 2.14. The van der Waals surface area contributed by atoms with Gasteiger partial charge in [0.25, 0.3) is 0 Å². The molecule has 0 saturated heterocycles. The van der Waals surface area contributed by atoms with Crippen LogP contribution in [0, 0.1) is 13.8 Å². The number of hydrogen-bond acceptors (Lipinski definition) is 4. The van der Waals surface area contributed by atoms with Crippen LogP contribution in [0.4, 0.5) is 0 Å². The quantitative estimate of drug-likeness (QED) is 0.832. The molecule has 0 atom stereocenters. The molecule has 0 spiro atoms. The Hall–Kier alpha value is -2.10. The molecular weight excluding hydrogens is 228 g/mol. The van der Waals surface area contributed by atoms with Gasteiger partial charge in [-0.25, -0.2) is 4.98 Å². The van der Waals surface area contributed by atoms with Crippen LogP contribution in [-0.2, 0) is 0 Å². The highest BCUT2D eigenvalue weighted by atomic mass is 16.5. The van der Waals surface area contributed by atoms with Gasteiger partial charge in [-0.15, -0.1) is 0 Å². The summed E-state index contributed by atoms with van der Waals surface area (Å²) in [5, 5.41) is 0. The molecule has 4 heteroatoms. The summed E-state index contributed by atoms with van der Waals surface area (Å²) in [6.07, 6.45) is 1.74. The Morgan fingerprint density at radius 2 is 1.67 bits per heavy atom.